The van der Waals surface area contributed by atoms with Crippen molar-refractivity contribution in [3.63, 3.8) is 0 Å². The number of nitrogens with zero attached hydrogens (tertiary/aromatic N) is 3. The van der Waals surface area contributed by atoms with Gasteiger partial charge in [0.05, 0.1) is 17.0 Å². The summed E-state index contributed by atoms with van der Waals surface area (Å²) >= 11 is 0. The Bertz CT molecular complexity index is 1180. The van der Waals surface area contributed by atoms with E-state index in [9.17, 15) is 14.7 Å². The van der Waals surface area contributed by atoms with E-state index in [0.717, 1.165) is 18.4 Å². The van der Waals surface area contributed by atoms with Crippen LogP contribution >= 0.6 is 0 Å². The van der Waals surface area contributed by atoms with Crippen molar-refractivity contribution in [3.05, 3.63) is 59.2 Å². The molecule has 1 N–H and O–H groups in total. The number of carbonyl (C=O) groups is 2. The SMILES string of the molecule is CC1=NN(c2cccc(C(=O)N3CCC(CO)CC3)c2)C(=O)/C1=C\c1ccc2c(c1)OCCO2. The van der Waals surface area contributed by atoms with E-state index in [4.69, 9.17) is 9.47 Å². The molecule has 3 aliphatic rings. The number of hydrogen-bond donors (Lipinski definition) is 1. The molecule has 1 fully saturated rings. The van der Waals surface area contributed by atoms with Crippen LogP contribution < -0.4 is 14.5 Å². The van der Waals surface area contributed by atoms with E-state index >= 15 is 0 Å². The molecule has 0 aliphatic carbocycles. The Morgan fingerprint density at radius 1 is 1.12 bits per heavy atom. The predicted molar refractivity (Wildman–Crippen MR) is 128 cm³/mol. The van der Waals surface area contributed by atoms with Gasteiger partial charge in [0.15, 0.2) is 11.5 Å². The fourth-order valence-corrected chi connectivity index (χ4v) is 4.45. The summed E-state index contributed by atoms with van der Waals surface area (Å²) in [5.41, 5.74) is 2.97. The lowest BCUT2D eigenvalue weighted by atomic mass is 9.97. The molecule has 0 saturated carbocycles. The molecule has 0 radical (unpaired) electrons. The molecular formula is C26H27N3O5. The van der Waals surface area contributed by atoms with Crippen LogP contribution in [0.15, 0.2) is 53.1 Å². The van der Waals surface area contributed by atoms with Crippen molar-refractivity contribution in [2.24, 2.45) is 11.0 Å². The Labute approximate surface area is 198 Å². The summed E-state index contributed by atoms with van der Waals surface area (Å²) in [6.07, 6.45) is 3.38. The van der Waals surface area contributed by atoms with E-state index in [0.29, 0.717) is 60.3 Å². The van der Waals surface area contributed by atoms with Gasteiger partial charge in [0, 0.05) is 25.3 Å². The largest absolute Gasteiger partial charge is 0.486 e. The first kappa shape index (κ1) is 22.2. The highest BCUT2D eigenvalue weighted by Crippen LogP contribution is 2.32. The number of rotatable bonds is 4. The summed E-state index contributed by atoms with van der Waals surface area (Å²) in [4.78, 5) is 28.1. The predicted octanol–water partition coefficient (Wildman–Crippen LogP) is 3.11. The molecule has 8 nitrogen and oxygen atoms in total. The number of fused-ring (bicyclic) bond motifs is 1. The zero-order valence-electron chi connectivity index (χ0n) is 19.1. The van der Waals surface area contributed by atoms with Gasteiger partial charge in [-0.25, -0.2) is 0 Å². The highest BCUT2D eigenvalue weighted by atomic mass is 16.6. The van der Waals surface area contributed by atoms with Crippen molar-refractivity contribution in [3.8, 4) is 11.5 Å². The summed E-state index contributed by atoms with van der Waals surface area (Å²) < 4.78 is 11.2. The first-order valence-corrected chi connectivity index (χ1v) is 11.5. The standard InChI is InChI=1S/C26H27N3O5/c1-17-22(13-19-5-6-23-24(14-19)34-12-11-33-23)26(32)29(27-17)21-4-2-3-20(15-21)25(31)28-9-7-18(16-30)8-10-28/h2-6,13-15,18,30H,7-12,16H2,1H3/b22-13-. The zero-order chi connectivity index (χ0) is 23.7. The Morgan fingerprint density at radius 3 is 2.65 bits per heavy atom. The molecule has 0 unspecified atom stereocenters. The fourth-order valence-electron chi connectivity index (χ4n) is 4.45. The number of amides is 2. The van der Waals surface area contributed by atoms with Gasteiger partial charge in [-0.1, -0.05) is 12.1 Å². The van der Waals surface area contributed by atoms with Crippen molar-refractivity contribution in [1.82, 2.24) is 4.90 Å². The molecule has 2 aromatic carbocycles. The van der Waals surface area contributed by atoms with Crippen molar-refractivity contribution in [1.29, 1.82) is 0 Å². The molecule has 176 valence electrons. The molecular weight excluding hydrogens is 434 g/mol. The number of hydrazone groups is 1. The maximum absolute atomic E-state index is 13.2. The Morgan fingerprint density at radius 2 is 1.88 bits per heavy atom. The topological polar surface area (TPSA) is 91.7 Å². The minimum atomic E-state index is -0.249. The zero-order valence-corrected chi connectivity index (χ0v) is 19.1. The Balaban J connectivity index is 1.35. The summed E-state index contributed by atoms with van der Waals surface area (Å²) in [5.74, 6) is 1.29. The van der Waals surface area contributed by atoms with Gasteiger partial charge >= 0.3 is 0 Å². The van der Waals surface area contributed by atoms with Crippen LogP contribution in [0.25, 0.3) is 6.08 Å². The third kappa shape index (κ3) is 4.28. The molecule has 0 spiro atoms. The van der Waals surface area contributed by atoms with Crippen LogP contribution in [0, 0.1) is 5.92 Å². The van der Waals surface area contributed by atoms with Gasteiger partial charge in [0.25, 0.3) is 11.8 Å². The monoisotopic (exact) mass is 461 g/mol. The second-order valence-corrected chi connectivity index (χ2v) is 8.73. The van der Waals surface area contributed by atoms with Crippen molar-refractivity contribution >= 4 is 29.3 Å². The van der Waals surface area contributed by atoms with E-state index in [-0.39, 0.29) is 24.3 Å². The van der Waals surface area contributed by atoms with E-state index in [1.165, 1.54) is 5.01 Å². The number of aliphatic hydroxyl groups excluding tert-OH is 1. The third-order valence-corrected chi connectivity index (χ3v) is 6.44. The van der Waals surface area contributed by atoms with Crippen LogP contribution in [-0.2, 0) is 4.79 Å². The first-order chi connectivity index (χ1) is 16.5. The van der Waals surface area contributed by atoms with Gasteiger partial charge in [-0.3, -0.25) is 9.59 Å². The molecule has 0 bridgehead atoms. The molecule has 3 heterocycles. The molecule has 0 aromatic heterocycles. The second kappa shape index (κ2) is 9.30. The van der Waals surface area contributed by atoms with Gasteiger partial charge in [-0.05, 0) is 67.7 Å². The molecule has 5 rings (SSSR count). The maximum atomic E-state index is 13.2. The number of benzene rings is 2. The number of anilines is 1. The Kier molecular flexibility index (Phi) is 6.06. The lowest BCUT2D eigenvalue weighted by molar-refractivity contribution is -0.114. The maximum Gasteiger partial charge on any atom is 0.280 e. The lowest BCUT2D eigenvalue weighted by Crippen LogP contribution is -2.39. The minimum absolute atomic E-state index is 0.0716. The van der Waals surface area contributed by atoms with Crippen molar-refractivity contribution in [2.45, 2.75) is 19.8 Å². The summed E-state index contributed by atoms with van der Waals surface area (Å²) in [7, 11) is 0. The van der Waals surface area contributed by atoms with Crippen LogP contribution in [0.2, 0.25) is 0 Å². The van der Waals surface area contributed by atoms with Gasteiger partial charge in [0.1, 0.15) is 13.2 Å². The molecule has 0 atom stereocenters. The van der Waals surface area contributed by atoms with E-state index in [2.05, 4.69) is 5.10 Å². The van der Waals surface area contributed by atoms with Gasteiger partial charge in [-0.15, -0.1) is 0 Å². The highest BCUT2D eigenvalue weighted by Gasteiger charge is 2.30. The summed E-state index contributed by atoms with van der Waals surface area (Å²) in [5, 5.41) is 15.1. The van der Waals surface area contributed by atoms with Crippen molar-refractivity contribution < 1.29 is 24.2 Å². The number of aliphatic hydroxyl groups is 1. The third-order valence-electron chi connectivity index (χ3n) is 6.44. The number of likely N-dealkylation sites (tertiary alicyclic amines) is 1. The molecule has 1 saturated heterocycles. The number of hydrogen-bond acceptors (Lipinski definition) is 6. The van der Waals surface area contributed by atoms with E-state index in [1.807, 2.05) is 18.2 Å². The van der Waals surface area contributed by atoms with Crippen LogP contribution in [0.5, 0.6) is 11.5 Å². The number of ether oxygens (including phenoxy) is 2. The molecule has 2 amide bonds. The minimum Gasteiger partial charge on any atom is -0.486 e. The smallest absolute Gasteiger partial charge is 0.280 e. The van der Waals surface area contributed by atoms with E-state index in [1.54, 1.807) is 42.2 Å². The summed E-state index contributed by atoms with van der Waals surface area (Å²) in [6, 6.07) is 12.6. The Hall–Kier alpha value is -3.65. The van der Waals surface area contributed by atoms with Crippen LogP contribution in [0.3, 0.4) is 0 Å². The average molecular weight is 462 g/mol. The van der Waals surface area contributed by atoms with Crippen LogP contribution in [-0.4, -0.2) is 60.4 Å². The normalized spacial score (nSPS) is 19.5. The summed E-state index contributed by atoms with van der Waals surface area (Å²) in [6.45, 7) is 4.22. The molecule has 8 heteroatoms. The number of carbonyl (C=O) groups excluding carboxylic acids is 2. The average Bonchev–Trinajstić information content (AvgIpc) is 3.16. The first-order valence-electron chi connectivity index (χ1n) is 11.5. The molecule has 2 aromatic rings. The van der Waals surface area contributed by atoms with Crippen LogP contribution in [0.4, 0.5) is 5.69 Å². The van der Waals surface area contributed by atoms with Crippen LogP contribution in [0.1, 0.15) is 35.7 Å². The van der Waals surface area contributed by atoms with Gasteiger partial charge in [-0.2, -0.15) is 10.1 Å². The van der Waals surface area contributed by atoms with Gasteiger partial charge in [0.2, 0.25) is 0 Å². The van der Waals surface area contributed by atoms with Gasteiger partial charge < -0.3 is 19.5 Å². The van der Waals surface area contributed by atoms with Crippen molar-refractivity contribution in [2.75, 3.05) is 37.9 Å². The molecule has 3 aliphatic heterocycles. The molecule has 34 heavy (non-hydrogen) atoms. The number of piperidine rings is 1. The second-order valence-electron chi connectivity index (χ2n) is 8.73. The highest BCUT2D eigenvalue weighted by molar-refractivity contribution is 6.32. The van der Waals surface area contributed by atoms with E-state index < -0.39 is 0 Å². The lowest BCUT2D eigenvalue weighted by Gasteiger charge is -2.31. The quantitative estimate of drug-likeness (QED) is 0.707. The fraction of sp³-hybridized carbons (Fsp3) is 0.346.